The molecule has 24 heavy (non-hydrogen) atoms. The van der Waals surface area contributed by atoms with Gasteiger partial charge in [-0.3, -0.25) is 4.99 Å². The molecule has 0 saturated carbocycles. The molecule has 8 heteroatoms. The molecule has 3 rings (SSSR count). The van der Waals surface area contributed by atoms with Crippen LogP contribution in [0.5, 0.6) is 5.75 Å². The molecule has 1 unspecified atom stereocenters. The number of ether oxygens (including phenoxy) is 1. The third kappa shape index (κ3) is 4.16. The van der Waals surface area contributed by atoms with Gasteiger partial charge in [0.1, 0.15) is 17.7 Å². The maximum Gasteiger partial charge on any atom is 0.191 e. The summed E-state index contributed by atoms with van der Waals surface area (Å²) < 4.78 is 7.87. The van der Waals surface area contributed by atoms with Crippen LogP contribution in [0.3, 0.4) is 0 Å². The first-order valence-corrected chi connectivity index (χ1v) is 7.71. The van der Waals surface area contributed by atoms with E-state index in [1.54, 1.807) is 7.05 Å². The van der Waals surface area contributed by atoms with E-state index in [-0.39, 0.29) is 30.1 Å². The number of guanidine groups is 1. The Kier molecular flexibility index (Phi) is 6.41. The number of nitrogens with zero attached hydrogens (tertiary/aromatic N) is 4. The molecule has 130 valence electrons. The summed E-state index contributed by atoms with van der Waals surface area (Å²) in [6, 6.07) is 8.16. The zero-order valence-corrected chi connectivity index (χ0v) is 16.4. The van der Waals surface area contributed by atoms with Gasteiger partial charge in [0.15, 0.2) is 11.8 Å². The zero-order valence-electron chi connectivity index (χ0n) is 14.1. The van der Waals surface area contributed by atoms with Gasteiger partial charge in [0.05, 0.1) is 13.1 Å². The number of hydrogen-bond donors (Lipinski definition) is 2. The van der Waals surface area contributed by atoms with Crippen molar-refractivity contribution in [1.82, 2.24) is 25.4 Å². The van der Waals surface area contributed by atoms with E-state index in [4.69, 9.17) is 4.74 Å². The standard InChI is InChI=1S/C16H22N6O.HI/c1-11-20-21-15(22(11)3)10-19-16(17-2)18-9-13-8-12-6-4-5-7-14(12)23-13;/h4-7,13H,8-10H2,1-3H3,(H2,17,18,19);1H. The maximum absolute atomic E-state index is 5.92. The third-order valence-corrected chi connectivity index (χ3v) is 4.03. The largest absolute Gasteiger partial charge is 0.488 e. The molecular formula is C16H23IN6O. The van der Waals surface area contributed by atoms with Gasteiger partial charge in [-0.2, -0.15) is 0 Å². The number of fused-ring (bicyclic) bond motifs is 1. The van der Waals surface area contributed by atoms with E-state index >= 15 is 0 Å². The number of aryl methyl sites for hydroxylation is 1. The predicted molar refractivity (Wildman–Crippen MR) is 104 cm³/mol. The average Bonchev–Trinajstić information content (AvgIpc) is 3.12. The first kappa shape index (κ1) is 18.5. The van der Waals surface area contributed by atoms with Crippen molar-refractivity contribution in [1.29, 1.82) is 0 Å². The number of nitrogens with one attached hydrogen (secondary N) is 2. The van der Waals surface area contributed by atoms with Crippen LogP contribution in [0.25, 0.3) is 0 Å². The number of halogens is 1. The monoisotopic (exact) mass is 442 g/mol. The van der Waals surface area contributed by atoms with E-state index in [9.17, 15) is 0 Å². The highest BCUT2D eigenvalue weighted by Gasteiger charge is 2.22. The Morgan fingerprint density at radius 3 is 2.79 bits per heavy atom. The number of para-hydroxylation sites is 1. The van der Waals surface area contributed by atoms with E-state index in [0.29, 0.717) is 13.1 Å². The molecule has 1 aliphatic heterocycles. The van der Waals surface area contributed by atoms with E-state index in [0.717, 1.165) is 29.8 Å². The van der Waals surface area contributed by atoms with Crippen LogP contribution in [0.4, 0.5) is 0 Å². The first-order valence-electron chi connectivity index (χ1n) is 7.71. The van der Waals surface area contributed by atoms with Gasteiger partial charge in [-0.05, 0) is 18.6 Å². The molecule has 1 aromatic carbocycles. The van der Waals surface area contributed by atoms with Crippen LogP contribution in [0, 0.1) is 6.92 Å². The topological polar surface area (TPSA) is 76.4 Å². The SMILES string of the molecule is CN=C(NCc1nnc(C)n1C)NCC1Cc2ccccc2O1.I. The fourth-order valence-electron chi connectivity index (χ4n) is 2.57. The molecule has 2 N–H and O–H groups in total. The van der Waals surface area contributed by atoms with Crippen molar-refractivity contribution in [2.45, 2.75) is 26.0 Å². The van der Waals surface area contributed by atoms with E-state index in [1.807, 2.05) is 36.7 Å². The Balaban J connectivity index is 0.00000208. The number of rotatable bonds is 4. The summed E-state index contributed by atoms with van der Waals surface area (Å²) in [5.74, 6) is 3.47. The summed E-state index contributed by atoms with van der Waals surface area (Å²) in [4.78, 5) is 4.23. The maximum atomic E-state index is 5.92. The van der Waals surface area contributed by atoms with Gasteiger partial charge in [-0.1, -0.05) is 18.2 Å². The summed E-state index contributed by atoms with van der Waals surface area (Å²) in [6.45, 7) is 3.20. The highest BCUT2D eigenvalue weighted by atomic mass is 127. The van der Waals surface area contributed by atoms with Gasteiger partial charge in [-0.25, -0.2) is 0 Å². The molecule has 1 aliphatic rings. The van der Waals surface area contributed by atoms with Gasteiger partial charge in [0.2, 0.25) is 0 Å². The van der Waals surface area contributed by atoms with Crippen LogP contribution >= 0.6 is 24.0 Å². The average molecular weight is 442 g/mol. The fraction of sp³-hybridized carbons (Fsp3) is 0.438. The summed E-state index contributed by atoms with van der Waals surface area (Å²) in [5.41, 5.74) is 1.26. The van der Waals surface area contributed by atoms with Gasteiger partial charge in [0.25, 0.3) is 0 Å². The summed E-state index contributed by atoms with van der Waals surface area (Å²) >= 11 is 0. The fourth-order valence-corrected chi connectivity index (χ4v) is 2.57. The smallest absolute Gasteiger partial charge is 0.191 e. The lowest BCUT2D eigenvalue weighted by molar-refractivity contribution is 0.235. The summed E-state index contributed by atoms with van der Waals surface area (Å²) in [6.07, 6.45) is 1.05. The van der Waals surface area contributed by atoms with Gasteiger partial charge < -0.3 is 19.9 Å². The lowest BCUT2D eigenvalue weighted by Gasteiger charge is -2.15. The Bertz CT molecular complexity index is 689. The minimum atomic E-state index is 0. The van der Waals surface area contributed by atoms with Crippen LogP contribution in [0.1, 0.15) is 17.2 Å². The van der Waals surface area contributed by atoms with E-state index in [1.165, 1.54) is 5.56 Å². The Labute approximate surface area is 158 Å². The molecular weight excluding hydrogens is 419 g/mol. The van der Waals surface area contributed by atoms with Gasteiger partial charge in [-0.15, -0.1) is 34.2 Å². The lowest BCUT2D eigenvalue weighted by Crippen LogP contribution is -2.42. The lowest BCUT2D eigenvalue weighted by atomic mass is 10.1. The van der Waals surface area contributed by atoms with Gasteiger partial charge >= 0.3 is 0 Å². The van der Waals surface area contributed by atoms with Crippen LogP contribution < -0.4 is 15.4 Å². The predicted octanol–water partition coefficient (Wildman–Crippen LogP) is 1.41. The van der Waals surface area contributed by atoms with Crippen LogP contribution in [-0.2, 0) is 20.0 Å². The number of benzene rings is 1. The summed E-state index contributed by atoms with van der Waals surface area (Å²) in [7, 11) is 3.70. The Hall–Kier alpha value is -1.84. The Morgan fingerprint density at radius 2 is 2.12 bits per heavy atom. The van der Waals surface area contributed by atoms with Crippen molar-refractivity contribution in [3.63, 3.8) is 0 Å². The number of aliphatic imine (C=N–C) groups is 1. The minimum Gasteiger partial charge on any atom is -0.488 e. The molecule has 1 aromatic heterocycles. The van der Waals surface area contributed by atoms with Crippen molar-refractivity contribution in [2.24, 2.45) is 12.0 Å². The number of aromatic nitrogens is 3. The molecule has 0 radical (unpaired) electrons. The summed E-state index contributed by atoms with van der Waals surface area (Å²) in [5, 5.41) is 14.7. The van der Waals surface area contributed by atoms with Crippen LogP contribution in [0.15, 0.2) is 29.3 Å². The molecule has 0 aliphatic carbocycles. The van der Waals surface area contributed by atoms with Crippen molar-refractivity contribution in [2.75, 3.05) is 13.6 Å². The third-order valence-electron chi connectivity index (χ3n) is 4.03. The first-order chi connectivity index (χ1) is 11.2. The van der Waals surface area contributed by atoms with Crippen molar-refractivity contribution >= 4 is 29.9 Å². The molecule has 7 nitrogen and oxygen atoms in total. The second-order valence-corrected chi connectivity index (χ2v) is 5.58. The highest BCUT2D eigenvalue weighted by Crippen LogP contribution is 2.27. The van der Waals surface area contributed by atoms with Crippen molar-refractivity contribution in [3.8, 4) is 5.75 Å². The molecule has 2 heterocycles. The molecule has 0 amide bonds. The van der Waals surface area contributed by atoms with Crippen LogP contribution in [0.2, 0.25) is 0 Å². The minimum absolute atomic E-state index is 0. The van der Waals surface area contributed by atoms with Crippen molar-refractivity contribution < 1.29 is 4.74 Å². The van der Waals surface area contributed by atoms with Gasteiger partial charge in [0, 0.05) is 20.5 Å². The molecule has 0 saturated heterocycles. The van der Waals surface area contributed by atoms with Crippen molar-refractivity contribution in [3.05, 3.63) is 41.5 Å². The number of hydrogen-bond acceptors (Lipinski definition) is 4. The quantitative estimate of drug-likeness (QED) is 0.426. The molecule has 2 aromatic rings. The Morgan fingerprint density at radius 1 is 1.33 bits per heavy atom. The van der Waals surface area contributed by atoms with E-state index < -0.39 is 0 Å². The molecule has 0 fully saturated rings. The zero-order chi connectivity index (χ0) is 16.2. The highest BCUT2D eigenvalue weighted by molar-refractivity contribution is 14.0. The molecule has 0 spiro atoms. The molecule has 1 atom stereocenters. The molecule has 0 bridgehead atoms. The normalized spacial score (nSPS) is 16.1. The second kappa shape index (κ2) is 8.32. The van der Waals surface area contributed by atoms with E-state index in [2.05, 4.69) is 31.9 Å². The van der Waals surface area contributed by atoms with Crippen LogP contribution in [-0.4, -0.2) is 40.4 Å². The second-order valence-electron chi connectivity index (χ2n) is 5.58.